The summed E-state index contributed by atoms with van der Waals surface area (Å²) in [5.74, 6) is 0.811. The summed E-state index contributed by atoms with van der Waals surface area (Å²) in [6.45, 7) is 3.53. The van der Waals surface area contributed by atoms with Gasteiger partial charge in [0.2, 0.25) is 0 Å². The first-order chi connectivity index (χ1) is 12.3. The van der Waals surface area contributed by atoms with Crippen LogP contribution in [0.15, 0.2) is 53.4 Å². The maximum Gasteiger partial charge on any atom is 0.132 e. The Morgan fingerprint density at radius 1 is 1.24 bits per heavy atom. The van der Waals surface area contributed by atoms with Crippen molar-refractivity contribution in [3.8, 4) is 16.9 Å². The van der Waals surface area contributed by atoms with Crippen LogP contribution >= 0.6 is 0 Å². The molecule has 126 valence electrons. The third kappa shape index (κ3) is 2.89. The van der Waals surface area contributed by atoms with E-state index in [0.29, 0.717) is 0 Å². The number of aromatic nitrogens is 2. The van der Waals surface area contributed by atoms with Crippen molar-refractivity contribution >= 4 is 11.8 Å². The predicted octanol–water partition coefficient (Wildman–Crippen LogP) is 4.09. The smallest absolute Gasteiger partial charge is 0.132 e. The Kier molecular flexibility index (Phi) is 3.98. The molecule has 0 aliphatic carbocycles. The highest BCUT2D eigenvalue weighted by Gasteiger charge is 2.20. The lowest BCUT2D eigenvalue weighted by molar-refractivity contribution is 0.413. The van der Waals surface area contributed by atoms with Crippen LogP contribution in [-0.2, 0) is 6.54 Å². The van der Waals surface area contributed by atoms with Crippen molar-refractivity contribution in [2.24, 2.45) is 0 Å². The number of methoxy groups -OCH3 is 1. The molecule has 5 nitrogen and oxygen atoms in total. The third-order valence-corrected chi connectivity index (χ3v) is 4.43. The zero-order valence-corrected chi connectivity index (χ0v) is 14.3. The van der Waals surface area contributed by atoms with E-state index in [9.17, 15) is 0 Å². The van der Waals surface area contributed by atoms with Crippen LogP contribution in [0.25, 0.3) is 17.2 Å². The maximum atomic E-state index is 5.65. The van der Waals surface area contributed by atoms with Crippen LogP contribution in [0.2, 0.25) is 0 Å². The molecule has 3 aromatic rings. The van der Waals surface area contributed by atoms with Gasteiger partial charge in [-0.15, -0.1) is 0 Å². The van der Waals surface area contributed by atoms with Gasteiger partial charge in [0.15, 0.2) is 0 Å². The minimum atomic E-state index is 0.757. The van der Waals surface area contributed by atoms with E-state index in [0.717, 1.165) is 52.6 Å². The first kappa shape index (κ1) is 15.4. The van der Waals surface area contributed by atoms with Gasteiger partial charge in [0.25, 0.3) is 0 Å². The molecule has 2 aromatic heterocycles. The van der Waals surface area contributed by atoms with Crippen molar-refractivity contribution in [1.29, 1.82) is 0 Å². The molecule has 4 rings (SSSR count). The lowest BCUT2D eigenvalue weighted by Gasteiger charge is -2.29. The number of hydrogen-bond donors (Lipinski definition) is 0. The van der Waals surface area contributed by atoms with Crippen LogP contribution in [0.5, 0.6) is 5.75 Å². The van der Waals surface area contributed by atoms with Crippen LogP contribution in [0.4, 0.5) is 5.69 Å². The van der Waals surface area contributed by atoms with Crippen molar-refractivity contribution in [2.45, 2.75) is 13.5 Å². The number of ether oxygens (including phenoxy) is 1. The average Bonchev–Trinajstić information content (AvgIpc) is 3.07. The molecule has 0 bridgehead atoms. The van der Waals surface area contributed by atoms with E-state index < -0.39 is 0 Å². The standard InChI is InChI=1S/C20H19N3O2/c1-14-18(13-25-22-14)17-10-15-6-5-9-23(19(15)11-20(17)24-2)12-16-7-3-4-8-21-16/h3-8,10-11,13H,9,12H2,1-2H3. The Bertz CT molecular complexity index is 916. The fourth-order valence-corrected chi connectivity index (χ4v) is 3.17. The summed E-state index contributed by atoms with van der Waals surface area (Å²) in [7, 11) is 1.69. The molecule has 1 aromatic carbocycles. The van der Waals surface area contributed by atoms with E-state index in [1.165, 1.54) is 0 Å². The van der Waals surface area contributed by atoms with Crippen LogP contribution in [0.3, 0.4) is 0 Å². The van der Waals surface area contributed by atoms with E-state index in [4.69, 9.17) is 9.26 Å². The van der Waals surface area contributed by atoms with Gasteiger partial charge in [0.1, 0.15) is 12.0 Å². The maximum absolute atomic E-state index is 5.65. The zero-order valence-electron chi connectivity index (χ0n) is 14.3. The summed E-state index contributed by atoms with van der Waals surface area (Å²) in [4.78, 5) is 6.74. The molecule has 0 radical (unpaired) electrons. The largest absolute Gasteiger partial charge is 0.496 e. The molecule has 1 aliphatic rings. The van der Waals surface area contributed by atoms with E-state index in [1.807, 2.05) is 31.3 Å². The second-order valence-corrected chi connectivity index (χ2v) is 6.03. The van der Waals surface area contributed by atoms with Gasteiger partial charge in [0.05, 0.1) is 25.0 Å². The van der Waals surface area contributed by atoms with Gasteiger partial charge in [-0.2, -0.15) is 0 Å². The molecule has 0 unspecified atom stereocenters. The minimum absolute atomic E-state index is 0.757. The number of fused-ring (bicyclic) bond motifs is 1. The average molecular weight is 333 g/mol. The van der Waals surface area contributed by atoms with Crippen molar-refractivity contribution in [1.82, 2.24) is 10.1 Å². The van der Waals surface area contributed by atoms with E-state index in [1.54, 1.807) is 13.4 Å². The van der Waals surface area contributed by atoms with Crippen molar-refractivity contribution in [3.05, 3.63) is 65.8 Å². The van der Waals surface area contributed by atoms with Crippen LogP contribution in [-0.4, -0.2) is 23.8 Å². The molecular formula is C20H19N3O2. The van der Waals surface area contributed by atoms with Crippen molar-refractivity contribution in [2.75, 3.05) is 18.6 Å². The normalized spacial score (nSPS) is 13.0. The molecule has 0 amide bonds. The van der Waals surface area contributed by atoms with Gasteiger partial charge in [-0.05, 0) is 30.7 Å². The Hall–Kier alpha value is -3.08. The summed E-state index contributed by atoms with van der Waals surface area (Å²) < 4.78 is 10.8. The first-order valence-corrected chi connectivity index (χ1v) is 8.21. The SMILES string of the molecule is COc1cc2c(cc1-c1conc1C)C=CCN2Cc1ccccn1. The number of pyridine rings is 1. The van der Waals surface area contributed by atoms with Gasteiger partial charge < -0.3 is 14.2 Å². The Labute approximate surface area is 146 Å². The highest BCUT2D eigenvalue weighted by atomic mass is 16.5. The van der Waals surface area contributed by atoms with E-state index in [-0.39, 0.29) is 0 Å². The molecule has 5 heteroatoms. The highest BCUT2D eigenvalue weighted by molar-refractivity contribution is 5.82. The van der Waals surface area contributed by atoms with Gasteiger partial charge in [-0.3, -0.25) is 4.98 Å². The fraction of sp³-hybridized carbons (Fsp3) is 0.200. The zero-order chi connectivity index (χ0) is 17.2. The summed E-state index contributed by atoms with van der Waals surface area (Å²) in [5, 5.41) is 3.98. The lowest BCUT2D eigenvalue weighted by Crippen LogP contribution is -2.26. The van der Waals surface area contributed by atoms with Gasteiger partial charge >= 0.3 is 0 Å². The van der Waals surface area contributed by atoms with Gasteiger partial charge in [0, 0.05) is 35.6 Å². The molecule has 0 spiro atoms. The van der Waals surface area contributed by atoms with E-state index >= 15 is 0 Å². The molecule has 3 heterocycles. The first-order valence-electron chi connectivity index (χ1n) is 8.21. The Balaban J connectivity index is 1.76. The molecular weight excluding hydrogens is 314 g/mol. The van der Waals surface area contributed by atoms with Gasteiger partial charge in [-0.1, -0.05) is 23.4 Å². The third-order valence-electron chi connectivity index (χ3n) is 4.43. The monoisotopic (exact) mass is 333 g/mol. The molecule has 0 fully saturated rings. The molecule has 0 saturated carbocycles. The van der Waals surface area contributed by atoms with Crippen LogP contribution < -0.4 is 9.64 Å². The van der Waals surface area contributed by atoms with Crippen molar-refractivity contribution in [3.63, 3.8) is 0 Å². The Morgan fingerprint density at radius 2 is 2.16 bits per heavy atom. The van der Waals surface area contributed by atoms with Crippen molar-refractivity contribution < 1.29 is 9.26 Å². The molecule has 0 saturated heterocycles. The van der Waals surface area contributed by atoms with Gasteiger partial charge in [-0.25, -0.2) is 0 Å². The number of nitrogens with zero attached hydrogens (tertiary/aromatic N) is 3. The molecule has 0 atom stereocenters. The summed E-state index contributed by atoms with van der Waals surface area (Å²) in [5.41, 5.74) is 6.13. The van der Waals surface area contributed by atoms with Crippen LogP contribution in [0, 0.1) is 6.92 Å². The highest BCUT2D eigenvalue weighted by Crippen LogP contribution is 2.39. The molecule has 25 heavy (non-hydrogen) atoms. The number of hydrogen-bond acceptors (Lipinski definition) is 5. The fourth-order valence-electron chi connectivity index (χ4n) is 3.17. The summed E-state index contributed by atoms with van der Waals surface area (Å²) in [6, 6.07) is 10.2. The second kappa shape index (κ2) is 6.43. The summed E-state index contributed by atoms with van der Waals surface area (Å²) >= 11 is 0. The lowest BCUT2D eigenvalue weighted by atomic mass is 9.98. The topological polar surface area (TPSA) is 51.4 Å². The number of aryl methyl sites for hydroxylation is 1. The molecule has 0 N–H and O–H groups in total. The number of benzene rings is 1. The minimum Gasteiger partial charge on any atom is -0.496 e. The van der Waals surface area contributed by atoms with Crippen LogP contribution in [0.1, 0.15) is 17.0 Å². The Morgan fingerprint density at radius 3 is 2.88 bits per heavy atom. The quantitative estimate of drug-likeness (QED) is 0.720. The molecule has 1 aliphatic heterocycles. The summed E-state index contributed by atoms with van der Waals surface area (Å²) in [6.07, 6.45) is 7.81. The number of rotatable bonds is 4. The predicted molar refractivity (Wildman–Crippen MR) is 97.5 cm³/mol. The van der Waals surface area contributed by atoms with E-state index in [2.05, 4.69) is 39.3 Å². The number of anilines is 1. The second-order valence-electron chi connectivity index (χ2n) is 6.03.